The molecule has 0 saturated carbocycles. The van der Waals surface area contributed by atoms with Crippen molar-refractivity contribution in [1.29, 1.82) is 0 Å². The van der Waals surface area contributed by atoms with Gasteiger partial charge in [0.2, 0.25) is 0 Å². The summed E-state index contributed by atoms with van der Waals surface area (Å²) in [5.41, 5.74) is 2.03. The van der Waals surface area contributed by atoms with Crippen molar-refractivity contribution in [2.24, 2.45) is 0 Å². The van der Waals surface area contributed by atoms with Gasteiger partial charge in [-0.05, 0) is 40.1 Å². The van der Waals surface area contributed by atoms with Crippen LogP contribution in [0.5, 0.6) is 0 Å². The minimum absolute atomic E-state index is 0.0658. The fourth-order valence-electron chi connectivity index (χ4n) is 3.55. The molecule has 0 spiro atoms. The van der Waals surface area contributed by atoms with Gasteiger partial charge in [-0.1, -0.05) is 6.07 Å². The molecule has 7 nitrogen and oxygen atoms in total. The van der Waals surface area contributed by atoms with Crippen molar-refractivity contribution in [2.75, 3.05) is 45.2 Å². The number of aromatic nitrogens is 3. The molecule has 0 aliphatic carbocycles. The molecule has 3 rings (SSSR count). The van der Waals surface area contributed by atoms with E-state index in [1.165, 1.54) is 0 Å². The number of aliphatic hydroxyl groups is 1. The largest absolute Gasteiger partial charge is 0.394 e. The molecular formula is C20H30N6O. The van der Waals surface area contributed by atoms with Crippen LogP contribution in [0.1, 0.15) is 30.2 Å². The van der Waals surface area contributed by atoms with Crippen LogP contribution in [-0.2, 0) is 6.54 Å². The number of anilines is 1. The molecule has 1 aliphatic rings. The lowest BCUT2D eigenvalue weighted by Crippen LogP contribution is -2.54. The molecule has 2 aromatic heterocycles. The Morgan fingerprint density at radius 2 is 2.11 bits per heavy atom. The van der Waals surface area contributed by atoms with Crippen molar-refractivity contribution in [1.82, 2.24) is 24.8 Å². The van der Waals surface area contributed by atoms with Gasteiger partial charge in [0.05, 0.1) is 24.0 Å². The minimum atomic E-state index is 0.0658. The van der Waals surface area contributed by atoms with Gasteiger partial charge in [0.1, 0.15) is 11.6 Å². The number of aryl methyl sites for hydroxylation is 1. The first-order chi connectivity index (χ1) is 13.0. The normalized spacial score (nSPS) is 19.5. The summed E-state index contributed by atoms with van der Waals surface area (Å²) >= 11 is 0. The SMILES string of the molecule is Cc1nc(CN(C)[C@@H](C)c2ccccn2)cc(N2CCN(C)CC2CO)n1. The summed E-state index contributed by atoms with van der Waals surface area (Å²) in [4.78, 5) is 20.4. The molecular weight excluding hydrogens is 340 g/mol. The molecule has 3 heterocycles. The molecule has 0 amide bonds. The summed E-state index contributed by atoms with van der Waals surface area (Å²) in [7, 11) is 4.17. The highest BCUT2D eigenvalue weighted by atomic mass is 16.3. The zero-order valence-electron chi connectivity index (χ0n) is 16.7. The van der Waals surface area contributed by atoms with Gasteiger partial charge in [0.25, 0.3) is 0 Å². The quantitative estimate of drug-likeness (QED) is 0.826. The second-order valence-electron chi connectivity index (χ2n) is 7.40. The Morgan fingerprint density at radius 1 is 1.30 bits per heavy atom. The smallest absolute Gasteiger partial charge is 0.132 e. The Morgan fingerprint density at radius 3 is 2.81 bits per heavy atom. The first-order valence-corrected chi connectivity index (χ1v) is 9.49. The Labute approximate surface area is 161 Å². The zero-order chi connectivity index (χ0) is 19.4. The number of rotatable bonds is 6. The van der Waals surface area contributed by atoms with Crippen LogP contribution in [0, 0.1) is 6.92 Å². The molecule has 1 N–H and O–H groups in total. The summed E-state index contributed by atoms with van der Waals surface area (Å²) < 4.78 is 0. The fourth-order valence-corrected chi connectivity index (χ4v) is 3.55. The number of likely N-dealkylation sites (N-methyl/N-ethyl adjacent to an activating group) is 1. The average Bonchev–Trinajstić information content (AvgIpc) is 2.67. The van der Waals surface area contributed by atoms with Crippen molar-refractivity contribution in [3.63, 3.8) is 0 Å². The third-order valence-corrected chi connectivity index (χ3v) is 5.26. The van der Waals surface area contributed by atoms with Crippen LogP contribution >= 0.6 is 0 Å². The van der Waals surface area contributed by atoms with Crippen LogP contribution < -0.4 is 4.90 Å². The second kappa shape index (κ2) is 8.73. The molecule has 27 heavy (non-hydrogen) atoms. The van der Waals surface area contributed by atoms with E-state index in [2.05, 4.69) is 56.7 Å². The van der Waals surface area contributed by atoms with Gasteiger partial charge < -0.3 is 14.9 Å². The highest BCUT2D eigenvalue weighted by molar-refractivity contribution is 5.42. The van der Waals surface area contributed by atoms with E-state index >= 15 is 0 Å². The summed E-state index contributed by atoms with van der Waals surface area (Å²) in [6.07, 6.45) is 1.83. The third-order valence-electron chi connectivity index (χ3n) is 5.26. The van der Waals surface area contributed by atoms with Gasteiger partial charge >= 0.3 is 0 Å². The first-order valence-electron chi connectivity index (χ1n) is 9.49. The number of piperazine rings is 1. The van der Waals surface area contributed by atoms with Crippen molar-refractivity contribution in [3.8, 4) is 0 Å². The Bertz CT molecular complexity index is 741. The Balaban J connectivity index is 1.77. The molecule has 0 aromatic carbocycles. The van der Waals surface area contributed by atoms with Crippen LogP contribution in [0.15, 0.2) is 30.5 Å². The third kappa shape index (κ3) is 4.80. The Hall–Kier alpha value is -2.09. The maximum absolute atomic E-state index is 9.80. The summed E-state index contributed by atoms with van der Waals surface area (Å²) in [5, 5.41) is 9.80. The molecule has 0 radical (unpaired) electrons. The topological polar surface area (TPSA) is 68.6 Å². The summed E-state index contributed by atoms with van der Waals surface area (Å²) in [6.45, 7) is 7.58. The van der Waals surface area contributed by atoms with E-state index in [-0.39, 0.29) is 18.7 Å². The number of aliphatic hydroxyl groups excluding tert-OH is 1. The van der Waals surface area contributed by atoms with Gasteiger partial charge in [0.15, 0.2) is 0 Å². The monoisotopic (exact) mass is 370 g/mol. The van der Waals surface area contributed by atoms with Gasteiger partial charge in [-0.15, -0.1) is 0 Å². The molecule has 0 bridgehead atoms. The van der Waals surface area contributed by atoms with Crippen molar-refractivity contribution < 1.29 is 5.11 Å². The maximum atomic E-state index is 9.80. The van der Waals surface area contributed by atoms with Crippen LogP contribution in [0.3, 0.4) is 0 Å². The lowest BCUT2D eigenvalue weighted by molar-refractivity contribution is 0.190. The van der Waals surface area contributed by atoms with E-state index in [9.17, 15) is 5.11 Å². The van der Waals surface area contributed by atoms with Gasteiger partial charge in [-0.2, -0.15) is 0 Å². The van der Waals surface area contributed by atoms with E-state index in [1.54, 1.807) is 0 Å². The van der Waals surface area contributed by atoms with E-state index in [0.717, 1.165) is 42.7 Å². The highest BCUT2D eigenvalue weighted by Crippen LogP contribution is 2.22. The predicted octanol–water partition coefficient (Wildman–Crippen LogP) is 1.49. The molecule has 1 saturated heterocycles. The number of hydrogen-bond donors (Lipinski definition) is 1. The summed E-state index contributed by atoms with van der Waals surface area (Å²) in [5.74, 6) is 1.67. The van der Waals surface area contributed by atoms with Gasteiger partial charge in [-0.3, -0.25) is 9.88 Å². The van der Waals surface area contributed by atoms with Crippen LogP contribution in [0.4, 0.5) is 5.82 Å². The summed E-state index contributed by atoms with van der Waals surface area (Å²) in [6, 6.07) is 8.32. The zero-order valence-corrected chi connectivity index (χ0v) is 16.7. The fraction of sp³-hybridized carbons (Fsp3) is 0.550. The maximum Gasteiger partial charge on any atom is 0.132 e. The molecule has 146 valence electrons. The molecule has 1 unspecified atom stereocenters. The van der Waals surface area contributed by atoms with Crippen LogP contribution in [-0.4, -0.2) is 76.2 Å². The average molecular weight is 371 g/mol. The number of nitrogens with zero attached hydrogens (tertiary/aromatic N) is 6. The minimum Gasteiger partial charge on any atom is -0.394 e. The lowest BCUT2D eigenvalue weighted by atomic mass is 10.1. The lowest BCUT2D eigenvalue weighted by Gasteiger charge is -2.40. The molecule has 2 aromatic rings. The molecule has 1 fully saturated rings. The number of hydrogen-bond acceptors (Lipinski definition) is 7. The van der Waals surface area contributed by atoms with E-state index in [4.69, 9.17) is 0 Å². The van der Waals surface area contributed by atoms with E-state index in [1.807, 2.05) is 31.3 Å². The van der Waals surface area contributed by atoms with E-state index < -0.39 is 0 Å². The van der Waals surface area contributed by atoms with Gasteiger partial charge in [0, 0.05) is 44.5 Å². The van der Waals surface area contributed by atoms with Crippen LogP contribution in [0.25, 0.3) is 0 Å². The molecule has 2 atom stereocenters. The standard InChI is InChI=1S/C20H30N6O/c1-15(19-7-5-6-8-21-19)25(4)12-17-11-20(23-16(2)22-17)26-10-9-24(3)13-18(26)14-27/h5-8,11,15,18,27H,9-10,12-14H2,1-4H3/t15-,18?/m0/s1. The van der Waals surface area contributed by atoms with Crippen molar-refractivity contribution in [3.05, 3.63) is 47.7 Å². The van der Waals surface area contributed by atoms with E-state index in [0.29, 0.717) is 6.54 Å². The Kier molecular flexibility index (Phi) is 6.36. The molecule has 7 heteroatoms. The van der Waals surface area contributed by atoms with Crippen molar-refractivity contribution >= 4 is 5.82 Å². The number of pyridine rings is 1. The molecule has 1 aliphatic heterocycles. The first kappa shape index (κ1) is 19.7. The van der Waals surface area contributed by atoms with Gasteiger partial charge in [-0.25, -0.2) is 9.97 Å². The second-order valence-corrected chi connectivity index (χ2v) is 7.40. The highest BCUT2D eigenvalue weighted by Gasteiger charge is 2.26. The van der Waals surface area contributed by atoms with Crippen LogP contribution in [0.2, 0.25) is 0 Å². The predicted molar refractivity (Wildman–Crippen MR) is 107 cm³/mol. The van der Waals surface area contributed by atoms with Crippen molar-refractivity contribution in [2.45, 2.75) is 32.5 Å².